The molecule has 19 heavy (non-hydrogen) atoms. The fourth-order valence-electron chi connectivity index (χ4n) is 2.21. The quantitative estimate of drug-likeness (QED) is 0.604. The van der Waals surface area contributed by atoms with Crippen molar-refractivity contribution >= 4 is 11.5 Å². The first kappa shape index (κ1) is 13.7. The average Bonchev–Trinajstić information content (AvgIpc) is 3.18. The van der Waals surface area contributed by atoms with Crippen molar-refractivity contribution in [1.82, 2.24) is 9.88 Å². The molecule has 1 aromatic heterocycles. The van der Waals surface area contributed by atoms with E-state index in [1.165, 1.54) is 18.9 Å². The molecule has 1 N–H and O–H groups in total. The summed E-state index contributed by atoms with van der Waals surface area (Å²) < 4.78 is 0. The highest BCUT2D eigenvalue weighted by molar-refractivity contribution is 5.44. The SMILES string of the molecule is CCN(CCNc1ccc([N+](=O)[O-])c(C)n1)C1CC1. The number of pyridine rings is 1. The monoisotopic (exact) mass is 264 g/mol. The Kier molecular flexibility index (Phi) is 4.31. The van der Waals surface area contributed by atoms with E-state index in [1.54, 1.807) is 13.0 Å². The van der Waals surface area contributed by atoms with E-state index < -0.39 is 4.92 Å². The van der Waals surface area contributed by atoms with Crippen molar-refractivity contribution < 1.29 is 4.92 Å². The second kappa shape index (κ2) is 5.97. The Morgan fingerprint density at radius 1 is 1.53 bits per heavy atom. The number of aromatic nitrogens is 1. The van der Waals surface area contributed by atoms with Gasteiger partial charge in [0.05, 0.1) is 4.92 Å². The Bertz CT molecular complexity index is 460. The molecule has 0 amide bonds. The number of likely N-dealkylation sites (N-methyl/N-ethyl adjacent to an activating group) is 1. The lowest BCUT2D eigenvalue weighted by Crippen LogP contribution is -2.31. The van der Waals surface area contributed by atoms with Gasteiger partial charge in [-0.05, 0) is 32.4 Å². The van der Waals surface area contributed by atoms with E-state index in [1.807, 2.05) is 0 Å². The van der Waals surface area contributed by atoms with Gasteiger partial charge in [0.25, 0.3) is 5.69 Å². The minimum atomic E-state index is -0.405. The number of rotatable bonds is 7. The molecule has 0 bridgehead atoms. The van der Waals surface area contributed by atoms with Crippen LogP contribution in [0.3, 0.4) is 0 Å². The molecule has 0 spiro atoms. The summed E-state index contributed by atoms with van der Waals surface area (Å²) in [4.78, 5) is 16.9. The van der Waals surface area contributed by atoms with Crippen molar-refractivity contribution in [3.05, 3.63) is 27.9 Å². The van der Waals surface area contributed by atoms with Crippen LogP contribution >= 0.6 is 0 Å². The Morgan fingerprint density at radius 3 is 2.79 bits per heavy atom. The van der Waals surface area contributed by atoms with Crippen molar-refractivity contribution in [3.63, 3.8) is 0 Å². The maximum Gasteiger partial charge on any atom is 0.290 e. The van der Waals surface area contributed by atoms with Crippen molar-refractivity contribution in [2.45, 2.75) is 32.7 Å². The van der Waals surface area contributed by atoms with Crippen LogP contribution in [0.1, 0.15) is 25.5 Å². The molecule has 104 valence electrons. The maximum atomic E-state index is 10.7. The van der Waals surface area contributed by atoms with Gasteiger partial charge < -0.3 is 5.32 Å². The number of hydrogen-bond acceptors (Lipinski definition) is 5. The summed E-state index contributed by atoms with van der Waals surface area (Å²) in [5.74, 6) is 0.704. The smallest absolute Gasteiger partial charge is 0.290 e. The molecule has 1 fully saturated rings. The van der Waals surface area contributed by atoms with Gasteiger partial charge in [-0.25, -0.2) is 4.98 Å². The summed E-state index contributed by atoms with van der Waals surface area (Å²) in [7, 11) is 0. The van der Waals surface area contributed by atoms with Gasteiger partial charge in [0, 0.05) is 25.2 Å². The third kappa shape index (κ3) is 3.64. The lowest BCUT2D eigenvalue weighted by atomic mass is 10.3. The summed E-state index contributed by atoms with van der Waals surface area (Å²) >= 11 is 0. The van der Waals surface area contributed by atoms with Crippen molar-refractivity contribution in [2.24, 2.45) is 0 Å². The molecule has 1 aliphatic rings. The molecule has 0 aliphatic heterocycles. The van der Waals surface area contributed by atoms with Crippen LogP contribution in [-0.2, 0) is 0 Å². The summed E-state index contributed by atoms with van der Waals surface area (Å²) in [6.45, 7) is 6.70. The molecule has 1 heterocycles. The van der Waals surface area contributed by atoms with Crippen molar-refractivity contribution in [2.75, 3.05) is 25.0 Å². The van der Waals surface area contributed by atoms with Crippen LogP contribution < -0.4 is 5.32 Å². The van der Waals surface area contributed by atoms with Crippen LogP contribution in [0.4, 0.5) is 11.5 Å². The summed E-state index contributed by atoms with van der Waals surface area (Å²) in [5, 5.41) is 13.9. The summed E-state index contributed by atoms with van der Waals surface area (Å²) in [5.41, 5.74) is 0.517. The number of aryl methyl sites for hydroxylation is 1. The second-order valence-electron chi connectivity index (χ2n) is 4.84. The predicted octanol–water partition coefficient (Wildman–Crippen LogP) is 2.19. The van der Waals surface area contributed by atoms with Gasteiger partial charge in [-0.1, -0.05) is 6.92 Å². The van der Waals surface area contributed by atoms with E-state index in [0.717, 1.165) is 25.7 Å². The molecular formula is C13H20N4O2. The highest BCUT2D eigenvalue weighted by Gasteiger charge is 2.27. The Labute approximate surface area is 113 Å². The molecule has 0 atom stereocenters. The molecular weight excluding hydrogens is 244 g/mol. The molecule has 2 rings (SSSR count). The first-order valence-electron chi connectivity index (χ1n) is 6.71. The molecule has 1 saturated carbocycles. The summed E-state index contributed by atoms with van der Waals surface area (Å²) in [6, 6.07) is 3.93. The van der Waals surface area contributed by atoms with E-state index in [0.29, 0.717) is 11.5 Å². The normalized spacial score (nSPS) is 14.7. The summed E-state index contributed by atoms with van der Waals surface area (Å²) in [6.07, 6.45) is 2.62. The molecule has 0 radical (unpaired) electrons. The first-order valence-corrected chi connectivity index (χ1v) is 6.71. The van der Waals surface area contributed by atoms with Gasteiger partial charge >= 0.3 is 0 Å². The zero-order valence-electron chi connectivity index (χ0n) is 11.4. The Hall–Kier alpha value is -1.69. The van der Waals surface area contributed by atoms with E-state index >= 15 is 0 Å². The van der Waals surface area contributed by atoms with Crippen LogP contribution in [-0.4, -0.2) is 40.5 Å². The molecule has 0 unspecified atom stereocenters. The average molecular weight is 264 g/mol. The van der Waals surface area contributed by atoms with Crippen molar-refractivity contribution in [1.29, 1.82) is 0 Å². The lowest BCUT2D eigenvalue weighted by Gasteiger charge is -2.19. The fourth-order valence-corrected chi connectivity index (χ4v) is 2.21. The lowest BCUT2D eigenvalue weighted by molar-refractivity contribution is -0.385. The fraction of sp³-hybridized carbons (Fsp3) is 0.615. The topological polar surface area (TPSA) is 71.3 Å². The Morgan fingerprint density at radius 2 is 2.26 bits per heavy atom. The number of nitrogens with one attached hydrogen (secondary N) is 1. The standard InChI is InChI=1S/C13H20N4O2/c1-3-16(11-4-5-11)9-8-14-13-7-6-12(17(18)19)10(2)15-13/h6-7,11H,3-5,8-9H2,1-2H3,(H,14,15). The highest BCUT2D eigenvalue weighted by Crippen LogP contribution is 2.26. The first-order chi connectivity index (χ1) is 9.11. The van der Waals surface area contributed by atoms with Gasteiger partial charge in [-0.2, -0.15) is 0 Å². The third-order valence-electron chi connectivity index (χ3n) is 3.43. The van der Waals surface area contributed by atoms with Crippen LogP contribution in [0.5, 0.6) is 0 Å². The van der Waals surface area contributed by atoms with Crippen molar-refractivity contribution in [3.8, 4) is 0 Å². The van der Waals surface area contributed by atoms with Crippen LogP contribution in [0.25, 0.3) is 0 Å². The van der Waals surface area contributed by atoms with E-state index in [2.05, 4.69) is 22.1 Å². The minimum absolute atomic E-state index is 0.0683. The van der Waals surface area contributed by atoms with Gasteiger partial charge in [0.1, 0.15) is 11.5 Å². The molecule has 1 aromatic rings. The predicted molar refractivity (Wildman–Crippen MR) is 74.4 cm³/mol. The largest absolute Gasteiger partial charge is 0.369 e. The minimum Gasteiger partial charge on any atom is -0.369 e. The van der Waals surface area contributed by atoms with E-state index in [-0.39, 0.29) is 5.69 Å². The number of hydrogen-bond donors (Lipinski definition) is 1. The maximum absolute atomic E-state index is 10.7. The molecule has 0 aromatic carbocycles. The molecule has 6 nitrogen and oxygen atoms in total. The molecule has 0 saturated heterocycles. The number of nitro groups is 1. The third-order valence-corrected chi connectivity index (χ3v) is 3.43. The zero-order chi connectivity index (χ0) is 13.8. The number of nitrogens with zero attached hydrogens (tertiary/aromatic N) is 3. The van der Waals surface area contributed by atoms with E-state index in [9.17, 15) is 10.1 Å². The molecule has 6 heteroatoms. The van der Waals surface area contributed by atoms with Crippen LogP contribution in [0.15, 0.2) is 12.1 Å². The highest BCUT2D eigenvalue weighted by atomic mass is 16.6. The number of anilines is 1. The Balaban J connectivity index is 1.85. The van der Waals surface area contributed by atoms with Gasteiger partial charge in [-0.3, -0.25) is 15.0 Å². The molecule has 1 aliphatic carbocycles. The van der Waals surface area contributed by atoms with Gasteiger partial charge in [0.2, 0.25) is 0 Å². The van der Waals surface area contributed by atoms with Crippen LogP contribution in [0.2, 0.25) is 0 Å². The van der Waals surface area contributed by atoms with E-state index in [4.69, 9.17) is 0 Å². The second-order valence-corrected chi connectivity index (χ2v) is 4.84. The van der Waals surface area contributed by atoms with Gasteiger partial charge in [-0.15, -0.1) is 0 Å². The van der Waals surface area contributed by atoms with Gasteiger partial charge in [0.15, 0.2) is 0 Å². The van der Waals surface area contributed by atoms with Crippen LogP contribution in [0, 0.1) is 17.0 Å². The zero-order valence-corrected chi connectivity index (χ0v) is 11.4.